The summed E-state index contributed by atoms with van der Waals surface area (Å²) in [5, 5.41) is 0. The summed E-state index contributed by atoms with van der Waals surface area (Å²) in [7, 11) is 0. The molecule has 3 aromatic rings. The number of rotatable bonds is 6. The number of aryl methyl sites for hydroxylation is 1. The molecular weight excluding hydrogens is 444 g/mol. The summed E-state index contributed by atoms with van der Waals surface area (Å²) in [4.78, 5) is 24.9. The van der Waals surface area contributed by atoms with E-state index in [1.54, 1.807) is 36.4 Å². The zero-order valence-electron chi connectivity index (χ0n) is 16.4. The minimum Gasteiger partial charge on any atom is -0.485 e. The summed E-state index contributed by atoms with van der Waals surface area (Å²) < 4.78 is 12.3. The van der Waals surface area contributed by atoms with Gasteiger partial charge in [-0.2, -0.15) is 0 Å². The summed E-state index contributed by atoms with van der Waals surface area (Å²) in [5.74, 6) is 0.890. The predicted molar refractivity (Wildman–Crippen MR) is 119 cm³/mol. The third-order valence-electron chi connectivity index (χ3n) is 4.86. The zero-order chi connectivity index (χ0) is 21.1. The molecular formula is C25H19BrO4. The first-order valence-electron chi connectivity index (χ1n) is 9.62. The van der Waals surface area contributed by atoms with Gasteiger partial charge in [0, 0.05) is 16.1 Å². The number of carbonyl (C=O) groups excluding carboxylic acids is 2. The number of benzene rings is 3. The van der Waals surface area contributed by atoms with E-state index in [4.69, 9.17) is 9.47 Å². The maximum absolute atomic E-state index is 12.6. The monoisotopic (exact) mass is 462 g/mol. The second kappa shape index (κ2) is 8.67. The molecule has 0 atom stereocenters. The molecule has 0 amide bonds. The Bertz CT molecular complexity index is 1130. The van der Waals surface area contributed by atoms with Crippen molar-refractivity contribution in [3.63, 3.8) is 0 Å². The third kappa shape index (κ3) is 4.36. The van der Waals surface area contributed by atoms with E-state index in [0.29, 0.717) is 22.6 Å². The summed E-state index contributed by atoms with van der Waals surface area (Å²) in [5.41, 5.74) is 3.20. The molecule has 0 aliphatic carbocycles. The van der Waals surface area contributed by atoms with Gasteiger partial charge in [0.2, 0.25) is 5.78 Å². The number of carbonyl (C=O) groups is 2. The molecule has 1 aliphatic heterocycles. The lowest BCUT2D eigenvalue weighted by atomic mass is 10.1. The molecule has 0 saturated carbocycles. The van der Waals surface area contributed by atoms with E-state index in [1.165, 1.54) is 5.56 Å². The highest BCUT2D eigenvalue weighted by Gasteiger charge is 2.27. The van der Waals surface area contributed by atoms with Crippen molar-refractivity contribution in [2.24, 2.45) is 0 Å². The lowest BCUT2D eigenvalue weighted by Crippen LogP contribution is -2.11. The van der Waals surface area contributed by atoms with Gasteiger partial charge in [0.15, 0.2) is 18.1 Å². The quantitative estimate of drug-likeness (QED) is 0.338. The van der Waals surface area contributed by atoms with Gasteiger partial charge in [0.05, 0.1) is 5.56 Å². The number of ether oxygens (including phenoxy) is 2. The predicted octanol–water partition coefficient (Wildman–Crippen LogP) is 5.89. The fraction of sp³-hybridized carbons (Fsp3) is 0.120. The van der Waals surface area contributed by atoms with E-state index in [2.05, 4.69) is 22.9 Å². The lowest BCUT2D eigenvalue weighted by Gasteiger charge is -2.07. The lowest BCUT2D eigenvalue weighted by molar-refractivity contribution is 0.0921. The fourth-order valence-corrected chi connectivity index (χ4v) is 3.39. The highest BCUT2D eigenvalue weighted by Crippen LogP contribution is 2.35. The summed E-state index contributed by atoms with van der Waals surface area (Å²) in [6.07, 6.45) is 2.70. The number of hydrogen-bond acceptors (Lipinski definition) is 4. The van der Waals surface area contributed by atoms with Crippen LogP contribution in [-0.2, 0) is 6.42 Å². The Labute approximate surface area is 183 Å². The first kappa shape index (κ1) is 20.1. The van der Waals surface area contributed by atoms with Crippen LogP contribution in [0, 0.1) is 0 Å². The van der Waals surface area contributed by atoms with E-state index >= 15 is 0 Å². The van der Waals surface area contributed by atoms with Crippen molar-refractivity contribution in [3.8, 4) is 11.5 Å². The van der Waals surface area contributed by atoms with E-state index in [1.807, 2.05) is 36.4 Å². The van der Waals surface area contributed by atoms with Gasteiger partial charge in [-0.3, -0.25) is 9.59 Å². The second-order valence-electron chi connectivity index (χ2n) is 6.91. The molecule has 1 aliphatic rings. The van der Waals surface area contributed by atoms with Crippen molar-refractivity contribution in [3.05, 3.63) is 99.2 Å². The SMILES string of the molecule is CCc1ccc(C=C2Oc3cc(OCC(=O)c4ccc(Br)cc4)ccc3C2=O)cc1. The van der Waals surface area contributed by atoms with Crippen molar-refractivity contribution in [2.75, 3.05) is 6.61 Å². The minimum absolute atomic E-state index is 0.0964. The number of halogens is 1. The molecule has 0 spiro atoms. The molecule has 4 nitrogen and oxygen atoms in total. The van der Waals surface area contributed by atoms with Crippen molar-refractivity contribution in [1.29, 1.82) is 0 Å². The van der Waals surface area contributed by atoms with Gasteiger partial charge in [-0.25, -0.2) is 0 Å². The Balaban J connectivity index is 1.45. The van der Waals surface area contributed by atoms with Crippen LogP contribution in [0.1, 0.15) is 38.8 Å². The molecule has 0 radical (unpaired) electrons. The zero-order valence-corrected chi connectivity index (χ0v) is 17.9. The summed E-state index contributed by atoms with van der Waals surface area (Å²) in [6, 6.07) is 20.1. The van der Waals surface area contributed by atoms with Crippen LogP contribution in [0.15, 0.2) is 77.0 Å². The van der Waals surface area contributed by atoms with Gasteiger partial charge in [-0.05, 0) is 47.9 Å². The normalized spacial score (nSPS) is 13.8. The van der Waals surface area contributed by atoms with Crippen LogP contribution in [0.2, 0.25) is 0 Å². The van der Waals surface area contributed by atoms with Gasteiger partial charge in [-0.1, -0.05) is 59.3 Å². The van der Waals surface area contributed by atoms with E-state index < -0.39 is 0 Å². The highest BCUT2D eigenvalue weighted by atomic mass is 79.9. The topological polar surface area (TPSA) is 52.6 Å². The average Bonchev–Trinajstić information content (AvgIpc) is 3.07. The Hall–Kier alpha value is -3.18. The molecule has 0 fully saturated rings. The first-order valence-corrected chi connectivity index (χ1v) is 10.4. The van der Waals surface area contributed by atoms with Crippen LogP contribution in [0.4, 0.5) is 0 Å². The standard InChI is InChI=1S/C25H19BrO4/c1-2-16-3-5-17(6-4-16)13-24-25(28)21-12-11-20(14-23(21)30-24)29-15-22(27)18-7-9-19(26)10-8-18/h3-14H,2,15H2,1H3. The Kier molecular flexibility index (Phi) is 5.81. The van der Waals surface area contributed by atoms with Crippen molar-refractivity contribution < 1.29 is 19.1 Å². The Morgan fingerprint density at radius 1 is 1.03 bits per heavy atom. The average molecular weight is 463 g/mol. The molecule has 150 valence electrons. The smallest absolute Gasteiger partial charge is 0.231 e. The molecule has 1 heterocycles. The maximum atomic E-state index is 12.6. The largest absolute Gasteiger partial charge is 0.485 e. The summed E-state index contributed by atoms with van der Waals surface area (Å²) in [6.45, 7) is 2.00. The molecule has 5 heteroatoms. The van der Waals surface area contributed by atoms with Gasteiger partial charge in [0.25, 0.3) is 0 Å². The molecule has 0 bridgehead atoms. The van der Waals surface area contributed by atoms with E-state index in [9.17, 15) is 9.59 Å². The van der Waals surface area contributed by atoms with Crippen LogP contribution in [0.5, 0.6) is 11.5 Å². The van der Waals surface area contributed by atoms with E-state index in [-0.39, 0.29) is 23.9 Å². The number of ketones is 2. The number of hydrogen-bond donors (Lipinski definition) is 0. The molecule has 4 rings (SSSR count). The van der Waals surface area contributed by atoms with Crippen LogP contribution >= 0.6 is 15.9 Å². The Morgan fingerprint density at radius 3 is 2.47 bits per heavy atom. The molecule has 0 unspecified atom stereocenters. The van der Waals surface area contributed by atoms with Crippen LogP contribution in [0.3, 0.4) is 0 Å². The van der Waals surface area contributed by atoms with Crippen molar-refractivity contribution >= 4 is 33.6 Å². The van der Waals surface area contributed by atoms with Crippen LogP contribution in [-0.4, -0.2) is 18.2 Å². The molecule has 0 aromatic heterocycles. The first-order chi connectivity index (χ1) is 14.5. The van der Waals surface area contributed by atoms with Gasteiger partial charge < -0.3 is 9.47 Å². The van der Waals surface area contributed by atoms with Gasteiger partial charge in [-0.15, -0.1) is 0 Å². The van der Waals surface area contributed by atoms with Crippen LogP contribution < -0.4 is 9.47 Å². The fourth-order valence-electron chi connectivity index (χ4n) is 3.13. The van der Waals surface area contributed by atoms with Crippen LogP contribution in [0.25, 0.3) is 6.08 Å². The maximum Gasteiger partial charge on any atom is 0.231 e. The third-order valence-corrected chi connectivity index (χ3v) is 5.39. The minimum atomic E-state index is -0.165. The molecule has 3 aromatic carbocycles. The molecule has 0 N–H and O–H groups in total. The van der Waals surface area contributed by atoms with E-state index in [0.717, 1.165) is 16.5 Å². The van der Waals surface area contributed by atoms with Gasteiger partial charge in [0.1, 0.15) is 11.5 Å². The number of allylic oxidation sites excluding steroid dienone is 1. The summed E-state index contributed by atoms with van der Waals surface area (Å²) >= 11 is 3.35. The highest BCUT2D eigenvalue weighted by molar-refractivity contribution is 9.10. The number of fused-ring (bicyclic) bond motifs is 1. The van der Waals surface area contributed by atoms with Crippen molar-refractivity contribution in [2.45, 2.75) is 13.3 Å². The molecule has 30 heavy (non-hydrogen) atoms. The van der Waals surface area contributed by atoms with Gasteiger partial charge >= 0.3 is 0 Å². The number of Topliss-reactive ketones (excluding diaryl/α,β-unsaturated/α-hetero) is 2. The van der Waals surface area contributed by atoms with Crippen molar-refractivity contribution in [1.82, 2.24) is 0 Å². The molecule has 0 saturated heterocycles. The second-order valence-corrected chi connectivity index (χ2v) is 7.83. The Morgan fingerprint density at radius 2 is 1.77 bits per heavy atom.